The number of hydrogen-bond acceptors (Lipinski definition) is 2. The third-order valence-electron chi connectivity index (χ3n) is 4.59. The first-order valence-electron chi connectivity index (χ1n) is 7.17. The van der Waals surface area contributed by atoms with E-state index in [9.17, 15) is 4.79 Å². The Labute approximate surface area is 114 Å². The number of rotatable bonds is 1. The normalized spacial score (nSPS) is 24.1. The highest BCUT2D eigenvalue weighted by molar-refractivity contribution is 5.76. The Hall–Kier alpha value is -1.36. The van der Waals surface area contributed by atoms with E-state index in [1.54, 1.807) is 6.20 Å². The maximum absolute atomic E-state index is 12.4. The minimum absolute atomic E-state index is 0.236. The van der Waals surface area contributed by atoms with Gasteiger partial charge >= 0.3 is 0 Å². The molecule has 0 spiro atoms. The fourth-order valence-electron chi connectivity index (χ4n) is 3.24. The molecular formula is C14H23N4O+. The summed E-state index contributed by atoms with van der Waals surface area (Å²) in [7, 11) is 4.55. The van der Waals surface area contributed by atoms with E-state index in [1.165, 1.54) is 18.8 Å². The van der Waals surface area contributed by atoms with E-state index in [4.69, 9.17) is 0 Å². The number of fused-ring (bicyclic) bond motifs is 1. The molecule has 0 unspecified atom stereocenters. The lowest BCUT2D eigenvalue weighted by Crippen LogP contribution is -2.53. The summed E-state index contributed by atoms with van der Waals surface area (Å²) in [5, 5.41) is 4.24. The fraction of sp³-hybridized carbons (Fsp3) is 0.714. The predicted molar refractivity (Wildman–Crippen MR) is 72.5 cm³/mol. The van der Waals surface area contributed by atoms with Crippen LogP contribution in [0.4, 0.5) is 0 Å². The molecular weight excluding hydrogens is 240 g/mol. The Morgan fingerprint density at radius 1 is 1.32 bits per heavy atom. The third-order valence-corrected chi connectivity index (χ3v) is 4.59. The highest BCUT2D eigenvalue weighted by Crippen LogP contribution is 2.21. The minimum atomic E-state index is 0.236. The third kappa shape index (κ3) is 2.52. The molecule has 19 heavy (non-hydrogen) atoms. The Bertz CT molecular complexity index is 470. The molecule has 1 aromatic rings. The first-order chi connectivity index (χ1) is 9.05. The molecule has 2 aliphatic heterocycles. The van der Waals surface area contributed by atoms with E-state index in [2.05, 4.69) is 24.1 Å². The summed E-state index contributed by atoms with van der Waals surface area (Å²) in [5.74, 6) is 0.236. The van der Waals surface area contributed by atoms with Crippen molar-refractivity contribution in [1.29, 1.82) is 0 Å². The van der Waals surface area contributed by atoms with Crippen molar-refractivity contribution in [1.82, 2.24) is 14.7 Å². The minimum Gasteiger partial charge on any atom is -0.337 e. The molecule has 5 nitrogen and oxygen atoms in total. The lowest BCUT2D eigenvalue weighted by Gasteiger charge is -2.41. The van der Waals surface area contributed by atoms with Crippen LogP contribution in [-0.4, -0.2) is 64.8 Å². The van der Waals surface area contributed by atoms with Crippen LogP contribution in [0.25, 0.3) is 0 Å². The second-order valence-corrected chi connectivity index (χ2v) is 6.43. The van der Waals surface area contributed by atoms with Gasteiger partial charge in [-0.15, -0.1) is 0 Å². The van der Waals surface area contributed by atoms with Gasteiger partial charge in [-0.3, -0.25) is 9.48 Å². The van der Waals surface area contributed by atoms with Crippen LogP contribution in [0.15, 0.2) is 12.3 Å². The number of piperidine rings is 1. The van der Waals surface area contributed by atoms with Crippen LogP contribution in [0.1, 0.15) is 18.5 Å². The van der Waals surface area contributed by atoms with Crippen molar-refractivity contribution < 1.29 is 9.28 Å². The van der Waals surface area contributed by atoms with Gasteiger partial charge in [0.1, 0.15) is 6.54 Å². The molecule has 104 valence electrons. The molecule has 0 aromatic carbocycles. The van der Waals surface area contributed by atoms with Gasteiger partial charge in [0.2, 0.25) is 5.91 Å². The number of carbonyl (C=O) groups is 1. The van der Waals surface area contributed by atoms with Gasteiger partial charge in [-0.1, -0.05) is 0 Å². The second-order valence-electron chi connectivity index (χ2n) is 6.43. The Morgan fingerprint density at radius 3 is 2.79 bits per heavy atom. The Morgan fingerprint density at radius 2 is 2.05 bits per heavy atom. The average molecular weight is 263 g/mol. The highest BCUT2D eigenvalue weighted by atomic mass is 16.2. The van der Waals surface area contributed by atoms with Gasteiger partial charge in [0.25, 0.3) is 0 Å². The van der Waals surface area contributed by atoms with Gasteiger partial charge in [0.05, 0.1) is 27.2 Å². The van der Waals surface area contributed by atoms with Crippen molar-refractivity contribution in [2.45, 2.75) is 31.8 Å². The molecule has 0 atom stereocenters. The smallest absolute Gasteiger partial charge is 0.244 e. The maximum Gasteiger partial charge on any atom is 0.244 e. The molecule has 1 fully saturated rings. The van der Waals surface area contributed by atoms with Crippen molar-refractivity contribution in [2.24, 2.45) is 0 Å². The summed E-state index contributed by atoms with van der Waals surface area (Å²) in [4.78, 5) is 14.5. The van der Waals surface area contributed by atoms with E-state index < -0.39 is 0 Å². The first kappa shape index (κ1) is 12.7. The number of amides is 1. The number of aromatic nitrogens is 2. The summed E-state index contributed by atoms with van der Waals surface area (Å²) in [6.45, 7) is 3.59. The fourth-order valence-corrected chi connectivity index (χ4v) is 3.24. The van der Waals surface area contributed by atoms with Crippen molar-refractivity contribution in [3.8, 4) is 0 Å². The zero-order valence-corrected chi connectivity index (χ0v) is 11.9. The lowest BCUT2D eigenvalue weighted by molar-refractivity contribution is -0.895. The Balaban J connectivity index is 1.69. The molecule has 1 amide bonds. The predicted octanol–water partition coefficient (Wildman–Crippen LogP) is 0.507. The van der Waals surface area contributed by atoms with E-state index in [-0.39, 0.29) is 5.91 Å². The summed E-state index contributed by atoms with van der Waals surface area (Å²) in [6.07, 6.45) is 4.97. The van der Waals surface area contributed by atoms with Crippen LogP contribution in [-0.2, 0) is 17.8 Å². The molecule has 0 N–H and O–H groups in total. The van der Waals surface area contributed by atoms with Crippen LogP contribution in [0, 0.1) is 0 Å². The molecule has 0 saturated carbocycles. The highest BCUT2D eigenvalue weighted by Gasteiger charge is 2.33. The number of hydrogen-bond donors (Lipinski definition) is 0. The molecule has 3 rings (SSSR count). The molecule has 1 saturated heterocycles. The molecule has 2 aliphatic rings. The molecule has 3 heterocycles. The number of quaternary nitrogens is 1. The molecule has 1 aromatic heterocycles. The monoisotopic (exact) mass is 263 g/mol. The second kappa shape index (κ2) is 4.63. The van der Waals surface area contributed by atoms with Crippen LogP contribution >= 0.6 is 0 Å². The molecule has 0 aliphatic carbocycles. The van der Waals surface area contributed by atoms with Gasteiger partial charge in [-0.05, 0) is 6.07 Å². The quantitative estimate of drug-likeness (QED) is 0.692. The van der Waals surface area contributed by atoms with Crippen molar-refractivity contribution in [3.05, 3.63) is 18.0 Å². The molecule has 0 bridgehead atoms. The van der Waals surface area contributed by atoms with E-state index in [0.29, 0.717) is 12.6 Å². The van der Waals surface area contributed by atoms with Gasteiger partial charge in [-0.25, -0.2) is 0 Å². The zero-order valence-electron chi connectivity index (χ0n) is 11.9. The summed E-state index contributed by atoms with van der Waals surface area (Å²) in [6, 6.07) is 2.46. The molecule has 5 heteroatoms. The summed E-state index contributed by atoms with van der Waals surface area (Å²) in [5.41, 5.74) is 1.18. The van der Waals surface area contributed by atoms with E-state index >= 15 is 0 Å². The topological polar surface area (TPSA) is 38.1 Å². The first-order valence-corrected chi connectivity index (χ1v) is 7.17. The van der Waals surface area contributed by atoms with E-state index in [0.717, 1.165) is 30.3 Å². The van der Waals surface area contributed by atoms with Gasteiger partial charge in [0.15, 0.2) is 0 Å². The van der Waals surface area contributed by atoms with Crippen LogP contribution in [0.2, 0.25) is 0 Å². The van der Waals surface area contributed by atoms with Crippen molar-refractivity contribution in [3.63, 3.8) is 0 Å². The van der Waals surface area contributed by atoms with Crippen LogP contribution in [0.5, 0.6) is 0 Å². The molecule has 0 radical (unpaired) electrons. The van der Waals surface area contributed by atoms with Crippen molar-refractivity contribution in [2.75, 3.05) is 33.7 Å². The zero-order chi connectivity index (χ0) is 13.5. The van der Waals surface area contributed by atoms with Gasteiger partial charge < -0.3 is 9.38 Å². The number of carbonyl (C=O) groups excluding carboxylic acids is 1. The summed E-state index contributed by atoms with van der Waals surface area (Å²) >= 11 is 0. The maximum atomic E-state index is 12.4. The van der Waals surface area contributed by atoms with Crippen LogP contribution in [0.3, 0.4) is 0 Å². The van der Waals surface area contributed by atoms with Crippen LogP contribution < -0.4 is 0 Å². The van der Waals surface area contributed by atoms with Gasteiger partial charge in [-0.2, -0.15) is 5.10 Å². The number of likely N-dealkylation sites (tertiary alicyclic amines) is 1. The van der Waals surface area contributed by atoms with Crippen molar-refractivity contribution >= 4 is 5.91 Å². The van der Waals surface area contributed by atoms with E-state index in [1.807, 2.05) is 10.7 Å². The SMILES string of the molecule is C[N+]1(C)CCC(N2CCc3ccnn3CC2=O)CC1. The lowest BCUT2D eigenvalue weighted by atomic mass is 10.0. The number of nitrogens with zero attached hydrogens (tertiary/aromatic N) is 4. The Kier molecular flexibility index (Phi) is 3.09. The largest absolute Gasteiger partial charge is 0.337 e. The standard InChI is InChI=1S/C14H23N4O/c1-18(2)9-5-12(6-10-18)16-8-4-13-3-7-15-17(13)11-14(16)19/h3,7,12H,4-6,8-11H2,1-2H3/q+1. The summed E-state index contributed by atoms with van der Waals surface area (Å²) < 4.78 is 2.94. The van der Waals surface area contributed by atoms with Gasteiger partial charge in [0, 0.05) is 43.7 Å². The average Bonchev–Trinajstić information content (AvgIpc) is 2.72.